The van der Waals surface area contributed by atoms with E-state index in [1.54, 1.807) is 12.1 Å². The zero-order valence-corrected chi connectivity index (χ0v) is 17.2. The molecule has 1 saturated heterocycles. The number of nitrogens with one attached hydrogen (secondary N) is 1. The van der Waals surface area contributed by atoms with Gasteiger partial charge in [-0.1, -0.05) is 0 Å². The second kappa shape index (κ2) is 8.77. The molecule has 1 aromatic carbocycles. The molecular weight excluding hydrogens is 397 g/mol. The molecule has 6 nitrogen and oxygen atoms in total. The van der Waals surface area contributed by atoms with Crippen molar-refractivity contribution < 1.29 is 23.4 Å². The topological polar surface area (TPSA) is 81.5 Å². The van der Waals surface area contributed by atoms with Gasteiger partial charge < -0.3 is 15.5 Å². The van der Waals surface area contributed by atoms with Crippen LogP contribution in [0.3, 0.4) is 0 Å². The molecule has 0 aliphatic carbocycles. The van der Waals surface area contributed by atoms with Crippen LogP contribution in [-0.4, -0.2) is 56.6 Å². The van der Waals surface area contributed by atoms with Crippen LogP contribution >= 0.6 is 0 Å². The van der Waals surface area contributed by atoms with Gasteiger partial charge in [0, 0.05) is 30.2 Å². The third-order valence-electron chi connectivity index (χ3n) is 5.75. The van der Waals surface area contributed by atoms with E-state index in [1.165, 1.54) is 6.92 Å². The molecule has 3 rings (SSSR count). The van der Waals surface area contributed by atoms with Gasteiger partial charge in [0.2, 0.25) is 0 Å². The fraction of sp³-hybridized carbons (Fsp3) is 0.524. The molecule has 0 bridgehead atoms. The first-order valence-corrected chi connectivity index (χ1v) is 10.00. The van der Waals surface area contributed by atoms with Gasteiger partial charge in [0.15, 0.2) is 0 Å². The Morgan fingerprint density at radius 3 is 2.53 bits per heavy atom. The molecule has 9 heteroatoms. The van der Waals surface area contributed by atoms with E-state index in [0.29, 0.717) is 30.2 Å². The monoisotopic (exact) mass is 424 g/mol. The molecule has 1 fully saturated rings. The van der Waals surface area contributed by atoms with Gasteiger partial charge in [-0.05, 0) is 63.4 Å². The highest BCUT2D eigenvalue weighted by molar-refractivity contribution is 5.71. The Hall–Kier alpha value is -2.39. The van der Waals surface area contributed by atoms with E-state index in [1.807, 2.05) is 0 Å². The lowest BCUT2D eigenvalue weighted by atomic mass is 10.0. The van der Waals surface area contributed by atoms with E-state index < -0.39 is 17.5 Å². The van der Waals surface area contributed by atoms with Gasteiger partial charge in [-0.25, -0.2) is 0 Å². The zero-order chi connectivity index (χ0) is 22.1. The average molecular weight is 424 g/mol. The summed E-state index contributed by atoms with van der Waals surface area (Å²) in [6.07, 6.45) is -2.45. The number of benzene rings is 1. The lowest BCUT2D eigenvalue weighted by molar-refractivity contribution is -0.137. The number of aromatic nitrogens is 2. The number of halogens is 3. The maximum atomic E-state index is 12.9. The molecule has 2 aromatic rings. The number of phenols is 1. The number of hydrogen-bond donors (Lipinski definition) is 3. The molecule has 0 saturated carbocycles. The van der Waals surface area contributed by atoms with Crippen LogP contribution in [0.5, 0.6) is 5.75 Å². The molecular formula is C21H27F3N4O2. The minimum absolute atomic E-state index is 0.0721. The summed E-state index contributed by atoms with van der Waals surface area (Å²) < 4.78 is 38.8. The molecule has 1 aliphatic heterocycles. The van der Waals surface area contributed by atoms with Crippen LogP contribution < -0.4 is 5.32 Å². The summed E-state index contributed by atoms with van der Waals surface area (Å²) in [6, 6.07) is 5.75. The summed E-state index contributed by atoms with van der Waals surface area (Å²) in [7, 11) is 0. The van der Waals surface area contributed by atoms with Crippen LogP contribution in [-0.2, 0) is 6.18 Å². The normalized spacial score (nSPS) is 21.0. The minimum Gasteiger partial charge on any atom is -0.507 e. The number of likely N-dealkylation sites (tertiary alicyclic amines) is 1. The molecule has 3 unspecified atom stereocenters. The summed E-state index contributed by atoms with van der Waals surface area (Å²) in [6.45, 7) is 6.43. The van der Waals surface area contributed by atoms with Gasteiger partial charge >= 0.3 is 6.18 Å². The van der Waals surface area contributed by atoms with Crippen molar-refractivity contribution in [3.05, 3.63) is 35.4 Å². The Labute approximate surface area is 173 Å². The van der Waals surface area contributed by atoms with Gasteiger partial charge in [0.1, 0.15) is 11.6 Å². The first kappa shape index (κ1) is 22.3. The third kappa shape index (κ3) is 4.67. The van der Waals surface area contributed by atoms with E-state index in [0.717, 1.165) is 18.9 Å². The van der Waals surface area contributed by atoms with E-state index in [4.69, 9.17) is 0 Å². The Kier molecular flexibility index (Phi) is 6.52. The highest BCUT2D eigenvalue weighted by Gasteiger charge is 2.34. The number of rotatable bonds is 6. The highest BCUT2D eigenvalue weighted by atomic mass is 19.4. The largest absolute Gasteiger partial charge is 0.507 e. The van der Waals surface area contributed by atoms with Crippen molar-refractivity contribution in [1.29, 1.82) is 0 Å². The van der Waals surface area contributed by atoms with Crippen molar-refractivity contribution in [2.24, 2.45) is 0 Å². The first-order chi connectivity index (χ1) is 14.1. The SMILES string of the molecule is Cc1cc(C(F)(F)F)cc(O)c1-c1ccc(NC(C)C2CCC(C)N2CCO)nn1. The molecule has 30 heavy (non-hydrogen) atoms. The second-order valence-corrected chi connectivity index (χ2v) is 7.88. The van der Waals surface area contributed by atoms with Crippen LogP contribution in [0.4, 0.5) is 19.0 Å². The molecule has 0 radical (unpaired) electrons. The van der Waals surface area contributed by atoms with Crippen molar-refractivity contribution >= 4 is 5.82 Å². The summed E-state index contributed by atoms with van der Waals surface area (Å²) in [5.41, 5.74) is -0.105. The highest BCUT2D eigenvalue weighted by Crippen LogP contribution is 2.38. The van der Waals surface area contributed by atoms with E-state index in [9.17, 15) is 23.4 Å². The van der Waals surface area contributed by atoms with Crippen LogP contribution in [0.2, 0.25) is 0 Å². The number of phenolic OH excluding ortho intramolecular Hbond substituents is 1. The number of aliphatic hydroxyl groups excluding tert-OH is 1. The van der Waals surface area contributed by atoms with Crippen molar-refractivity contribution in [2.45, 2.75) is 57.9 Å². The predicted molar refractivity (Wildman–Crippen MR) is 108 cm³/mol. The summed E-state index contributed by atoms with van der Waals surface area (Å²) in [5.74, 6) is 0.0593. The predicted octanol–water partition coefficient (Wildman–Crippen LogP) is 3.82. The summed E-state index contributed by atoms with van der Waals surface area (Å²) in [5, 5.41) is 31.0. The quantitative estimate of drug-likeness (QED) is 0.654. The van der Waals surface area contributed by atoms with Gasteiger partial charge in [-0.2, -0.15) is 13.2 Å². The van der Waals surface area contributed by atoms with E-state index in [-0.39, 0.29) is 29.8 Å². The third-order valence-corrected chi connectivity index (χ3v) is 5.75. The molecule has 3 atom stereocenters. The van der Waals surface area contributed by atoms with Crippen LogP contribution in [0, 0.1) is 6.92 Å². The number of aryl methyl sites for hydroxylation is 1. The standard InChI is InChI=1S/C21H27F3N4O2/c1-12-10-15(21(22,23)24)11-18(30)20(12)16-5-7-19(27-26-16)25-14(3)17-6-4-13(2)28(17)8-9-29/h5,7,10-11,13-14,17,29-30H,4,6,8-9H2,1-3H3,(H,25,27). The fourth-order valence-electron chi connectivity index (χ4n) is 4.25. The molecule has 1 aromatic heterocycles. The zero-order valence-electron chi connectivity index (χ0n) is 17.2. The number of anilines is 1. The van der Waals surface area contributed by atoms with Crippen molar-refractivity contribution in [3.8, 4) is 17.0 Å². The fourth-order valence-corrected chi connectivity index (χ4v) is 4.25. The van der Waals surface area contributed by atoms with Crippen molar-refractivity contribution in [1.82, 2.24) is 15.1 Å². The van der Waals surface area contributed by atoms with Gasteiger partial charge in [-0.3, -0.25) is 4.90 Å². The number of aliphatic hydroxyl groups is 1. The molecule has 3 N–H and O–H groups in total. The van der Waals surface area contributed by atoms with Gasteiger partial charge in [0.05, 0.1) is 17.9 Å². The molecule has 0 amide bonds. The van der Waals surface area contributed by atoms with Gasteiger partial charge in [0.25, 0.3) is 0 Å². The molecule has 1 aliphatic rings. The number of aromatic hydroxyl groups is 1. The Morgan fingerprint density at radius 1 is 1.23 bits per heavy atom. The lowest BCUT2D eigenvalue weighted by Crippen LogP contribution is -2.45. The maximum absolute atomic E-state index is 12.9. The summed E-state index contributed by atoms with van der Waals surface area (Å²) >= 11 is 0. The molecule has 0 spiro atoms. The Balaban J connectivity index is 1.76. The smallest absolute Gasteiger partial charge is 0.416 e. The van der Waals surface area contributed by atoms with Crippen molar-refractivity contribution in [3.63, 3.8) is 0 Å². The molecule has 164 valence electrons. The Morgan fingerprint density at radius 2 is 1.97 bits per heavy atom. The van der Waals surface area contributed by atoms with Gasteiger partial charge in [-0.15, -0.1) is 10.2 Å². The number of β-amino-alcohol motifs (C(OH)–C–C–N with tert-alkyl or cyclic N) is 1. The first-order valence-electron chi connectivity index (χ1n) is 10.00. The van der Waals surface area contributed by atoms with E-state index >= 15 is 0 Å². The van der Waals surface area contributed by atoms with Crippen molar-refractivity contribution in [2.75, 3.05) is 18.5 Å². The minimum atomic E-state index is -4.53. The molecule has 2 heterocycles. The second-order valence-electron chi connectivity index (χ2n) is 7.88. The van der Waals surface area contributed by atoms with E-state index in [2.05, 4.69) is 34.3 Å². The number of alkyl halides is 3. The van der Waals surface area contributed by atoms with Crippen LogP contribution in [0.25, 0.3) is 11.3 Å². The number of nitrogens with zero attached hydrogens (tertiary/aromatic N) is 3. The van der Waals surface area contributed by atoms with Crippen LogP contribution in [0.1, 0.15) is 37.8 Å². The maximum Gasteiger partial charge on any atom is 0.416 e. The number of hydrogen-bond acceptors (Lipinski definition) is 6. The van der Waals surface area contributed by atoms with Crippen LogP contribution in [0.15, 0.2) is 24.3 Å². The lowest BCUT2D eigenvalue weighted by Gasteiger charge is -2.32. The summed E-state index contributed by atoms with van der Waals surface area (Å²) in [4.78, 5) is 2.28. The Bertz CT molecular complexity index is 851. The average Bonchev–Trinajstić information content (AvgIpc) is 3.03.